The van der Waals surface area contributed by atoms with Crippen LogP contribution in [0.1, 0.15) is 39.9 Å². The van der Waals surface area contributed by atoms with Crippen molar-refractivity contribution in [1.29, 1.82) is 0 Å². The Morgan fingerprint density at radius 2 is 1.82 bits per heavy atom. The van der Waals surface area contributed by atoms with E-state index in [1.54, 1.807) is 10.9 Å². The summed E-state index contributed by atoms with van der Waals surface area (Å²) in [7, 11) is 1.92. The predicted octanol–water partition coefficient (Wildman–Crippen LogP) is 4.12. The van der Waals surface area contributed by atoms with E-state index in [1.165, 1.54) is 11.1 Å². The largest absolute Gasteiger partial charge is 0.341 e. The van der Waals surface area contributed by atoms with Gasteiger partial charge in [0, 0.05) is 44.1 Å². The van der Waals surface area contributed by atoms with E-state index in [4.69, 9.17) is 0 Å². The lowest BCUT2D eigenvalue weighted by molar-refractivity contribution is -0.134. The van der Waals surface area contributed by atoms with E-state index in [0.717, 1.165) is 30.4 Å². The minimum atomic E-state index is 0.0561. The molecule has 6 nitrogen and oxygen atoms in total. The molecule has 1 saturated heterocycles. The average molecular weight is 459 g/mol. The van der Waals surface area contributed by atoms with Gasteiger partial charge in [0.1, 0.15) is 6.54 Å². The number of hydrogen-bond donors (Lipinski definition) is 0. The van der Waals surface area contributed by atoms with Crippen LogP contribution in [0.4, 0.5) is 0 Å². The van der Waals surface area contributed by atoms with Crippen LogP contribution < -0.4 is 0 Å². The molecule has 1 aliphatic rings. The van der Waals surface area contributed by atoms with Crippen molar-refractivity contribution in [3.63, 3.8) is 0 Å². The summed E-state index contributed by atoms with van der Waals surface area (Å²) in [5.74, 6) is 0.481. The predicted molar refractivity (Wildman–Crippen MR) is 133 cm³/mol. The van der Waals surface area contributed by atoms with Crippen LogP contribution in [0.2, 0.25) is 0 Å². The van der Waals surface area contributed by atoms with Gasteiger partial charge in [0.15, 0.2) is 0 Å². The third-order valence-corrected chi connectivity index (χ3v) is 7.07. The fourth-order valence-electron chi connectivity index (χ4n) is 4.96. The number of likely N-dealkylation sites (tertiary alicyclic amines) is 1. The number of carbonyl (C=O) groups is 2. The van der Waals surface area contributed by atoms with Gasteiger partial charge in [-0.05, 0) is 68.4 Å². The summed E-state index contributed by atoms with van der Waals surface area (Å²) in [6.45, 7) is 5.79. The van der Waals surface area contributed by atoms with E-state index in [2.05, 4.69) is 36.3 Å². The van der Waals surface area contributed by atoms with Gasteiger partial charge >= 0.3 is 0 Å². The molecular weight excluding hydrogens is 424 g/mol. The van der Waals surface area contributed by atoms with E-state index < -0.39 is 0 Å². The molecule has 0 aliphatic carbocycles. The molecule has 0 radical (unpaired) electrons. The van der Waals surface area contributed by atoms with Crippen LogP contribution in [0.15, 0.2) is 67.0 Å². The molecule has 1 atom stereocenters. The molecule has 0 bridgehead atoms. The number of aryl methyl sites for hydroxylation is 2. The number of likely N-dealkylation sites (N-methyl/N-ethyl adjacent to an activating group) is 1. The molecule has 1 aliphatic heterocycles. The van der Waals surface area contributed by atoms with Gasteiger partial charge < -0.3 is 9.80 Å². The molecule has 1 fully saturated rings. The van der Waals surface area contributed by atoms with Gasteiger partial charge in [-0.15, -0.1) is 0 Å². The van der Waals surface area contributed by atoms with Crippen molar-refractivity contribution in [2.45, 2.75) is 45.7 Å². The molecular formula is C28H34N4O2. The zero-order valence-corrected chi connectivity index (χ0v) is 20.4. The summed E-state index contributed by atoms with van der Waals surface area (Å²) in [4.78, 5) is 30.1. The summed E-state index contributed by atoms with van der Waals surface area (Å²) < 4.78 is 1.67. The average Bonchev–Trinajstić information content (AvgIpc) is 3.36. The minimum absolute atomic E-state index is 0.0561. The second-order valence-electron chi connectivity index (χ2n) is 9.41. The quantitative estimate of drug-likeness (QED) is 0.535. The molecule has 178 valence electrons. The fraction of sp³-hybridized carbons (Fsp3) is 0.393. The summed E-state index contributed by atoms with van der Waals surface area (Å²) in [5.41, 5.74) is 4.36. The van der Waals surface area contributed by atoms with Crippen LogP contribution in [-0.2, 0) is 17.8 Å². The lowest BCUT2D eigenvalue weighted by atomic mass is 9.84. The van der Waals surface area contributed by atoms with Crippen molar-refractivity contribution in [3.8, 4) is 0 Å². The number of rotatable bonds is 7. The number of benzene rings is 2. The van der Waals surface area contributed by atoms with E-state index in [-0.39, 0.29) is 24.4 Å². The van der Waals surface area contributed by atoms with Crippen LogP contribution >= 0.6 is 0 Å². The first-order chi connectivity index (χ1) is 16.4. The van der Waals surface area contributed by atoms with Crippen molar-refractivity contribution in [1.82, 2.24) is 19.6 Å². The lowest BCUT2D eigenvalue weighted by Gasteiger charge is -2.40. The van der Waals surface area contributed by atoms with Gasteiger partial charge in [0.25, 0.3) is 5.91 Å². The molecule has 3 aromatic rings. The van der Waals surface area contributed by atoms with Gasteiger partial charge in [0.2, 0.25) is 5.91 Å². The van der Waals surface area contributed by atoms with Gasteiger partial charge in [-0.2, -0.15) is 5.10 Å². The van der Waals surface area contributed by atoms with Crippen molar-refractivity contribution in [2.24, 2.45) is 5.92 Å². The second-order valence-corrected chi connectivity index (χ2v) is 9.41. The third kappa shape index (κ3) is 5.56. The van der Waals surface area contributed by atoms with Crippen LogP contribution in [-0.4, -0.2) is 57.6 Å². The van der Waals surface area contributed by atoms with Crippen LogP contribution in [0.3, 0.4) is 0 Å². The van der Waals surface area contributed by atoms with Crippen LogP contribution in [0, 0.1) is 19.8 Å². The highest BCUT2D eigenvalue weighted by Gasteiger charge is 2.33. The highest BCUT2D eigenvalue weighted by atomic mass is 16.2. The number of hydrogen-bond acceptors (Lipinski definition) is 3. The maximum absolute atomic E-state index is 13.2. The molecule has 0 spiro atoms. The van der Waals surface area contributed by atoms with Crippen molar-refractivity contribution < 1.29 is 9.59 Å². The van der Waals surface area contributed by atoms with Gasteiger partial charge in [-0.3, -0.25) is 14.3 Å². The molecule has 2 aromatic carbocycles. The van der Waals surface area contributed by atoms with Gasteiger partial charge in [0.05, 0.1) is 0 Å². The molecule has 4 rings (SSSR count). The first-order valence-corrected chi connectivity index (χ1v) is 12.1. The van der Waals surface area contributed by atoms with E-state index in [9.17, 15) is 9.59 Å². The standard InChI is InChI=1S/C28H34N4O2/c1-21-8-6-11-25(18-21)28(34)31-16-12-23(13-17-31)26(19-24-10-5-4-9-22(24)2)30(3)27(33)20-32-15-7-14-29-32/h4-11,14-15,18,23,26H,12-13,16-17,19-20H2,1-3H3/t26-/m1/s1. The van der Waals surface area contributed by atoms with Gasteiger partial charge in [-0.1, -0.05) is 42.0 Å². The lowest BCUT2D eigenvalue weighted by Crippen LogP contribution is -2.49. The molecule has 6 heteroatoms. The number of aromatic nitrogens is 2. The van der Waals surface area contributed by atoms with E-state index in [0.29, 0.717) is 19.0 Å². The number of carbonyl (C=O) groups excluding carboxylic acids is 2. The summed E-state index contributed by atoms with van der Waals surface area (Å²) in [5, 5.41) is 4.20. The molecule has 0 N–H and O–H groups in total. The smallest absolute Gasteiger partial charge is 0.253 e. The van der Waals surface area contributed by atoms with Crippen LogP contribution in [0.5, 0.6) is 0 Å². The van der Waals surface area contributed by atoms with Crippen molar-refractivity contribution in [2.75, 3.05) is 20.1 Å². The van der Waals surface area contributed by atoms with E-state index >= 15 is 0 Å². The maximum atomic E-state index is 13.2. The Balaban J connectivity index is 1.48. The molecule has 1 aromatic heterocycles. The Morgan fingerprint density at radius 3 is 2.50 bits per heavy atom. The second kappa shape index (κ2) is 10.7. The van der Waals surface area contributed by atoms with Crippen LogP contribution in [0.25, 0.3) is 0 Å². The molecule has 2 heterocycles. The topological polar surface area (TPSA) is 58.4 Å². The Bertz CT molecular complexity index is 1120. The summed E-state index contributed by atoms with van der Waals surface area (Å²) in [6.07, 6.45) is 6.09. The highest BCUT2D eigenvalue weighted by molar-refractivity contribution is 5.94. The number of amides is 2. The third-order valence-electron chi connectivity index (χ3n) is 7.07. The summed E-state index contributed by atoms with van der Waals surface area (Å²) >= 11 is 0. The monoisotopic (exact) mass is 458 g/mol. The Hall–Kier alpha value is -3.41. The first-order valence-electron chi connectivity index (χ1n) is 12.1. The molecule has 34 heavy (non-hydrogen) atoms. The Kier molecular flexibility index (Phi) is 7.46. The minimum Gasteiger partial charge on any atom is -0.341 e. The van der Waals surface area contributed by atoms with Crippen molar-refractivity contribution >= 4 is 11.8 Å². The molecule has 2 amide bonds. The number of piperidine rings is 1. The van der Waals surface area contributed by atoms with Gasteiger partial charge in [-0.25, -0.2) is 0 Å². The first kappa shape index (κ1) is 23.7. The Morgan fingerprint density at radius 1 is 1.06 bits per heavy atom. The zero-order valence-electron chi connectivity index (χ0n) is 20.4. The van der Waals surface area contributed by atoms with E-state index in [1.807, 2.05) is 60.3 Å². The fourth-order valence-corrected chi connectivity index (χ4v) is 4.96. The normalized spacial score (nSPS) is 15.2. The number of nitrogens with zero attached hydrogens (tertiary/aromatic N) is 4. The maximum Gasteiger partial charge on any atom is 0.253 e. The zero-order chi connectivity index (χ0) is 24.1. The Labute approximate surface area is 202 Å². The highest BCUT2D eigenvalue weighted by Crippen LogP contribution is 2.28. The summed E-state index contributed by atoms with van der Waals surface area (Å²) in [6, 6.07) is 18.1. The molecule has 0 unspecified atom stereocenters. The SMILES string of the molecule is Cc1cccc(C(=O)N2CCC([C@@H](Cc3ccccc3C)N(C)C(=O)Cn3cccn3)CC2)c1. The molecule has 0 saturated carbocycles. The van der Waals surface area contributed by atoms with Crippen molar-refractivity contribution in [3.05, 3.63) is 89.2 Å².